The molecular formula is C22H21N5O2. The Morgan fingerprint density at radius 2 is 1.93 bits per heavy atom. The van der Waals surface area contributed by atoms with Gasteiger partial charge in [0.1, 0.15) is 17.5 Å². The van der Waals surface area contributed by atoms with E-state index in [0.29, 0.717) is 25.4 Å². The van der Waals surface area contributed by atoms with Crippen LogP contribution in [0, 0.1) is 0 Å². The highest BCUT2D eigenvalue weighted by molar-refractivity contribution is 5.92. The van der Waals surface area contributed by atoms with Gasteiger partial charge >= 0.3 is 0 Å². The van der Waals surface area contributed by atoms with Gasteiger partial charge in [-0.05, 0) is 23.8 Å². The molecule has 1 saturated heterocycles. The molecule has 0 unspecified atom stereocenters. The zero-order valence-electron chi connectivity index (χ0n) is 16.1. The minimum absolute atomic E-state index is 0.00800. The van der Waals surface area contributed by atoms with Gasteiger partial charge in [-0.2, -0.15) is 0 Å². The monoisotopic (exact) mass is 387 g/mol. The molecule has 1 amide bonds. The molecule has 0 spiro atoms. The Hall–Kier alpha value is -3.45. The normalized spacial score (nSPS) is 17.0. The van der Waals surface area contributed by atoms with Crippen LogP contribution in [-0.4, -0.2) is 49.9 Å². The molecule has 146 valence electrons. The lowest BCUT2D eigenvalue weighted by atomic mass is 10.1. The van der Waals surface area contributed by atoms with Gasteiger partial charge in [0.25, 0.3) is 5.91 Å². The van der Waals surface area contributed by atoms with Gasteiger partial charge in [0, 0.05) is 31.5 Å². The molecule has 5 rings (SSSR count). The highest BCUT2D eigenvalue weighted by atomic mass is 16.5. The number of aryl methyl sites for hydroxylation is 1. The summed E-state index contributed by atoms with van der Waals surface area (Å²) in [5.74, 6) is 0.00800. The summed E-state index contributed by atoms with van der Waals surface area (Å²) in [6.07, 6.45) is 3.55. The number of benzene rings is 1. The Morgan fingerprint density at radius 3 is 2.72 bits per heavy atom. The fourth-order valence-electron chi connectivity index (χ4n) is 3.79. The van der Waals surface area contributed by atoms with Crippen molar-refractivity contribution < 1.29 is 9.53 Å². The second-order valence-corrected chi connectivity index (χ2v) is 7.20. The van der Waals surface area contributed by atoms with Crippen LogP contribution in [0.25, 0.3) is 16.6 Å². The van der Waals surface area contributed by atoms with Crippen molar-refractivity contribution >= 4 is 11.4 Å². The quantitative estimate of drug-likeness (QED) is 0.542. The van der Waals surface area contributed by atoms with Gasteiger partial charge in [-0.3, -0.25) is 4.79 Å². The van der Waals surface area contributed by atoms with Gasteiger partial charge in [0.05, 0.1) is 18.7 Å². The van der Waals surface area contributed by atoms with Crippen molar-refractivity contribution in [1.82, 2.24) is 24.3 Å². The lowest BCUT2D eigenvalue weighted by molar-refractivity contribution is -0.0244. The number of aromatic nitrogens is 4. The summed E-state index contributed by atoms with van der Waals surface area (Å²) in [4.78, 5) is 14.7. The van der Waals surface area contributed by atoms with E-state index in [1.165, 1.54) is 0 Å². The van der Waals surface area contributed by atoms with E-state index in [1.54, 1.807) is 4.52 Å². The molecule has 1 aromatic carbocycles. The van der Waals surface area contributed by atoms with Crippen LogP contribution in [0.5, 0.6) is 0 Å². The van der Waals surface area contributed by atoms with Crippen LogP contribution in [0.1, 0.15) is 22.3 Å². The van der Waals surface area contributed by atoms with Crippen molar-refractivity contribution in [3.63, 3.8) is 0 Å². The molecule has 3 aromatic heterocycles. The number of hydrogen-bond donors (Lipinski definition) is 0. The number of carbonyl (C=O) groups excluding carboxylic acids is 1. The van der Waals surface area contributed by atoms with Crippen molar-refractivity contribution in [2.75, 3.05) is 19.7 Å². The summed E-state index contributed by atoms with van der Waals surface area (Å²) >= 11 is 0. The van der Waals surface area contributed by atoms with Crippen molar-refractivity contribution in [3.8, 4) is 11.1 Å². The third kappa shape index (κ3) is 3.19. The van der Waals surface area contributed by atoms with Gasteiger partial charge in [0.15, 0.2) is 0 Å². The Morgan fingerprint density at radius 1 is 1.07 bits per heavy atom. The Kier molecular flexibility index (Phi) is 4.37. The van der Waals surface area contributed by atoms with E-state index >= 15 is 0 Å². The number of fused-ring (bicyclic) bond motifs is 1. The molecule has 0 N–H and O–H groups in total. The molecule has 0 saturated carbocycles. The van der Waals surface area contributed by atoms with Crippen LogP contribution in [-0.2, 0) is 11.8 Å². The summed E-state index contributed by atoms with van der Waals surface area (Å²) in [6, 6.07) is 18.0. The Bertz CT molecular complexity index is 1160. The molecule has 4 heterocycles. The predicted molar refractivity (Wildman–Crippen MR) is 108 cm³/mol. The van der Waals surface area contributed by atoms with Crippen LogP contribution < -0.4 is 0 Å². The maximum absolute atomic E-state index is 12.9. The third-order valence-corrected chi connectivity index (χ3v) is 5.37. The number of morpholine rings is 1. The average molecular weight is 387 g/mol. The Balaban J connectivity index is 1.42. The fraction of sp³-hybridized carbons (Fsp3) is 0.227. The summed E-state index contributed by atoms with van der Waals surface area (Å²) < 4.78 is 9.57. The number of carbonyl (C=O) groups is 1. The number of pyridine rings is 1. The van der Waals surface area contributed by atoms with Crippen LogP contribution in [0.15, 0.2) is 67.0 Å². The van der Waals surface area contributed by atoms with E-state index in [1.807, 2.05) is 65.3 Å². The smallest absolute Gasteiger partial charge is 0.270 e. The molecule has 7 nitrogen and oxygen atoms in total. The molecule has 1 fully saturated rings. The van der Waals surface area contributed by atoms with Gasteiger partial charge in [-0.1, -0.05) is 41.6 Å². The molecule has 0 aliphatic carbocycles. The fourth-order valence-corrected chi connectivity index (χ4v) is 3.79. The van der Waals surface area contributed by atoms with E-state index < -0.39 is 0 Å². The number of amides is 1. The van der Waals surface area contributed by atoms with Crippen molar-refractivity contribution in [2.24, 2.45) is 7.05 Å². The number of ether oxygens (including phenoxy) is 1. The molecule has 0 radical (unpaired) electrons. The zero-order valence-corrected chi connectivity index (χ0v) is 16.1. The second kappa shape index (κ2) is 7.18. The van der Waals surface area contributed by atoms with Crippen LogP contribution in [0.2, 0.25) is 0 Å². The van der Waals surface area contributed by atoms with Gasteiger partial charge < -0.3 is 14.2 Å². The lowest BCUT2D eigenvalue weighted by Crippen LogP contribution is -2.43. The highest BCUT2D eigenvalue weighted by Gasteiger charge is 2.30. The maximum Gasteiger partial charge on any atom is 0.270 e. The van der Waals surface area contributed by atoms with Crippen molar-refractivity contribution in [3.05, 3.63) is 78.4 Å². The first-order chi connectivity index (χ1) is 14.2. The summed E-state index contributed by atoms with van der Waals surface area (Å²) in [5, 5.41) is 8.67. The van der Waals surface area contributed by atoms with E-state index in [9.17, 15) is 4.79 Å². The van der Waals surface area contributed by atoms with E-state index in [0.717, 1.165) is 22.3 Å². The predicted octanol–water partition coefficient (Wildman–Crippen LogP) is 2.95. The first kappa shape index (κ1) is 17.6. The summed E-state index contributed by atoms with van der Waals surface area (Å²) in [7, 11) is 1.88. The second-order valence-electron chi connectivity index (χ2n) is 7.20. The first-order valence-electron chi connectivity index (χ1n) is 9.63. The lowest BCUT2D eigenvalue weighted by Gasteiger charge is -2.32. The third-order valence-electron chi connectivity index (χ3n) is 5.37. The van der Waals surface area contributed by atoms with E-state index in [2.05, 4.69) is 28.5 Å². The molecular weight excluding hydrogens is 366 g/mol. The molecule has 1 atom stereocenters. The van der Waals surface area contributed by atoms with Crippen LogP contribution >= 0.6 is 0 Å². The summed E-state index contributed by atoms with van der Waals surface area (Å²) in [5.41, 5.74) is 4.52. The van der Waals surface area contributed by atoms with E-state index in [4.69, 9.17) is 4.74 Å². The molecule has 4 aromatic rings. The van der Waals surface area contributed by atoms with Gasteiger partial charge in [-0.25, -0.2) is 4.52 Å². The standard InChI is InChI=1S/C22H21N5O2/c1-25-11-5-8-19(25)22(28)26-12-13-29-20(15-26)21-18-10-9-17(14-27(18)24-23-21)16-6-3-2-4-7-16/h2-11,14,20H,12-13,15H2,1H3/t20-/m1/s1. The minimum Gasteiger partial charge on any atom is -0.368 e. The SMILES string of the molecule is Cn1cccc1C(=O)N1CCO[C@@H](c2nnn3cc(-c4ccccc4)ccc23)C1. The van der Waals surface area contributed by atoms with Gasteiger partial charge in [0.2, 0.25) is 0 Å². The number of hydrogen-bond acceptors (Lipinski definition) is 4. The van der Waals surface area contributed by atoms with E-state index in [-0.39, 0.29) is 12.0 Å². The molecule has 29 heavy (non-hydrogen) atoms. The van der Waals surface area contributed by atoms with Gasteiger partial charge in [-0.15, -0.1) is 5.10 Å². The highest BCUT2D eigenvalue weighted by Crippen LogP contribution is 2.27. The van der Waals surface area contributed by atoms with Crippen LogP contribution in [0.3, 0.4) is 0 Å². The van der Waals surface area contributed by atoms with Crippen molar-refractivity contribution in [2.45, 2.75) is 6.10 Å². The van der Waals surface area contributed by atoms with Crippen LogP contribution in [0.4, 0.5) is 0 Å². The largest absolute Gasteiger partial charge is 0.368 e. The molecule has 1 aliphatic heterocycles. The number of nitrogens with zero attached hydrogens (tertiary/aromatic N) is 5. The topological polar surface area (TPSA) is 64.7 Å². The molecule has 7 heteroatoms. The van der Waals surface area contributed by atoms with Crippen molar-refractivity contribution in [1.29, 1.82) is 0 Å². The maximum atomic E-state index is 12.9. The average Bonchev–Trinajstić information content (AvgIpc) is 3.39. The first-order valence-corrected chi connectivity index (χ1v) is 9.63. The number of rotatable bonds is 3. The Labute approximate surface area is 168 Å². The molecule has 0 bridgehead atoms. The summed E-state index contributed by atoms with van der Waals surface area (Å²) in [6.45, 7) is 1.50. The zero-order chi connectivity index (χ0) is 19.8. The minimum atomic E-state index is -0.298. The molecule has 1 aliphatic rings.